The molecule has 1 unspecified atom stereocenters. The van der Waals surface area contributed by atoms with Gasteiger partial charge in [-0.1, -0.05) is 13.0 Å². The van der Waals surface area contributed by atoms with Gasteiger partial charge in [0.15, 0.2) is 5.76 Å². The topological polar surface area (TPSA) is 82.9 Å². The molecule has 0 saturated heterocycles. The van der Waals surface area contributed by atoms with E-state index < -0.39 is 6.04 Å². The molecule has 28 heavy (non-hydrogen) atoms. The smallest absolute Gasteiger partial charge is 0.290 e. The molecule has 0 bridgehead atoms. The van der Waals surface area contributed by atoms with Gasteiger partial charge in [-0.2, -0.15) is 0 Å². The van der Waals surface area contributed by atoms with Gasteiger partial charge in [0.2, 0.25) is 11.8 Å². The van der Waals surface area contributed by atoms with Crippen LogP contribution in [0.2, 0.25) is 0 Å². The fourth-order valence-electron chi connectivity index (χ4n) is 3.39. The third-order valence-electron chi connectivity index (χ3n) is 4.82. The molecule has 148 valence electrons. The van der Waals surface area contributed by atoms with Crippen molar-refractivity contribution < 1.29 is 18.8 Å². The molecular weight excluding hydrogens is 358 g/mol. The van der Waals surface area contributed by atoms with E-state index in [0.29, 0.717) is 18.5 Å². The number of likely N-dealkylation sites (N-methyl/N-ethyl adjacent to an activating group) is 1. The number of hydrogen-bond donors (Lipinski definition) is 1. The number of carbonyl (C=O) groups excluding carboxylic acids is 3. The summed E-state index contributed by atoms with van der Waals surface area (Å²) in [6.45, 7) is 2.23. The van der Waals surface area contributed by atoms with Gasteiger partial charge in [0.25, 0.3) is 5.91 Å². The number of hydrogen-bond acceptors (Lipinski definition) is 4. The second-order valence-corrected chi connectivity index (χ2v) is 7.14. The van der Waals surface area contributed by atoms with Crippen LogP contribution in [0, 0.1) is 0 Å². The molecule has 0 aliphatic carbocycles. The van der Waals surface area contributed by atoms with Crippen molar-refractivity contribution in [1.29, 1.82) is 0 Å². The Morgan fingerprint density at radius 1 is 1.21 bits per heavy atom. The van der Waals surface area contributed by atoms with Crippen LogP contribution in [-0.2, 0) is 22.6 Å². The number of rotatable bonds is 5. The Morgan fingerprint density at radius 2 is 2.00 bits per heavy atom. The van der Waals surface area contributed by atoms with Crippen LogP contribution in [0.4, 0.5) is 5.69 Å². The second kappa shape index (κ2) is 8.29. The van der Waals surface area contributed by atoms with Gasteiger partial charge in [-0.25, -0.2) is 0 Å². The summed E-state index contributed by atoms with van der Waals surface area (Å²) >= 11 is 0. The van der Waals surface area contributed by atoms with E-state index in [1.54, 1.807) is 31.1 Å². The number of carbonyl (C=O) groups is 3. The van der Waals surface area contributed by atoms with Crippen LogP contribution in [-0.4, -0.2) is 47.7 Å². The van der Waals surface area contributed by atoms with Crippen molar-refractivity contribution in [1.82, 2.24) is 9.80 Å². The Morgan fingerprint density at radius 3 is 2.64 bits per heavy atom. The van der Waals surface area contributed by atoms with Gasteiger partial charge in [-0.3, -0.25) is 14.4 Å². The van der Waals surface area contributed by atoms with E-state index in [9.17, 15) is 14.4 Å². The quantitative estimate of drug-likeness (QED) is 0.861. The first-order valence-corrected chi connectivity index (χ1v) is 9.38. The highest BCUT2D eigenvalue weighted by atomic mass is 16.3. The highest BCUT2D eigenvalue weighted by molar-refractivity contribution is 5.96. The van der Waals surface area contributed by atoms with Crippen LogP contribution >= 0.6 is 0 Å². The summed E-state index contributed by atoms with van der Waals surface area (Å²) in [7, 11) is 3.36. The van der Waals surface area contributed by atoms with E-state index in [-0.39, 0.29) is 30.0 Å². The fraction of sp³-hybridized carbons (Fsp3) is 0.381. The average Bonchev–Trinajstić information content (AvgIpc) is 3.20. The normalized spacial score (nSPS) is 15.7. The third kappa shape index (κ3) is 4.08. The summed E-state index contributed by atoms with van der Waals surface area (Å²) in [6, 6.07) is 8.28. The summed E-state index contributed by atoms with van der Waals surface area (Å²) in [5.74, 6) is -0.294. The minimum Gasteiger partial charge on any atom is -0.459 e. The molecule has 3 amide bonds. The molecule has 7 nitrogen and oxygen atoms in total. The first-order valence-electron chi connectivity index (χ1n) is 9.38. The average molecular weight is 383 g/mol. The zero-order valence-corrected chi connectivity index (χ0v) is 16.4. The minimum absolute atomic E-state index is 0.0394. The van der Waals surface area contributed by atoms with Crippen molar-refractivity contribution in [2.75, 3.05) is 19.4 Å². The fourth-order valence-corrected chi connectivity index (χ4v) is 3.39. The summed E-state index contributed by atoms with van der Waals surface area (Å²) < 4.78 is 5.26. The van der Waals surface area contributed by atoms with Crippen molar-refractivity contribution in [3.8, 4) is 0 Å². The van der Waals surface area contributed by atoms with Crippen LogP contribution in [0.1, 0.15) is 41.4 Å². The number of furan rings is 1. The van der Waals surface area contributed by atoms with Gasteiger partial charge in [0.05, 0.1) is 6.26 Å². The number of nitrogens with zero attached hydrogens (tertiary/aromatic N) is 2. The van der Waals surface area contributed by atoms with Crippen LogP contribution in [0.3, 0.4) is 0 Å². The lowest BCUT2D eigenvalue weighted by Crippen LogP contribution is -2.52. The maximum absolute atomic E-state index is 12.9. The van der Waals surface area contributed by atoms with Crippen molar-refractivity contribution in [3.63, 3.8) is 0 Å². The monoisotopic (exact) mass is 383 g/mol. The van der Waals surface area contributed by atoms with Crippen molar-refractivity contribution in [2.24, 2.45) is 0 Å². The van der Waals surface area contributed by atoms with E-state index in [2.05, 4.69) is 5.32 Å². The molecule has 1 aromatic carbocycles. The Balaban J connectivity index is 1.90. The lowest BCUT2D eigenvalue weighted by molar-refractivity contribution is -0.134. The SMILES string of the molecule is CCCC(=O)Nc1ccc2c(c1)CN(C(=O)c1ccco1)C(C(=O)N(C)C)C2. The lowest BCUT2D eigenvalue weighted by Gasteiger charge is -2.37. The maximum Gasteiger partial charge on any atom is 0.290 e. The zero-order chi connectivity index (χ0) is 20.3. The Labute approximate surface area is 164 Å². The molecule has 1 aliphatic rings. The van der Waals surface area contributed by atoms with Crippen LogP contribution in [0.15, 0.2) is 41.0 Å². The second-order valence-electron chi connectivity index (χ2n) is 7.14. The molecule has 7 heteroatoms. The van der Waals surface area contributed by atoms with E-state index >= 15 is 0 Å². The lowest BCUT2D eigenvalue weighted by atomic mass is 9.92. The van der Waals surface area contributed by atoms with Gasteiger partial charge in [-0.15, -0.1) is 0 Å². The van der Waals surface area contributed by atoms with E-state index in [1.807, 2.05) is 25.1 Å². The van der Waals surface area contributed by atoms with Crippen LogP contribution in [0.5, 0.6) is 0 Å². The van der Waals surface area contributed by atoms with Gasteiger partial charge in [0, 0.05) is 39.2 Å². The van der Waals surface area contributed by atoms with Crippen LogP contribution in [0.25, 0.3) is 0 Å². The highest BCUT2D eigenvalue weighted by Gasteiger charge is 2.36. The number of amides is 3. The predicted molar refractivity (Wildman–Crippen MR) is 105 cm³/mol. The molecule has 1 N–H and O–H groups in total. The van der Waals surface area contributed by atoms with E-state index in [1.165, 1.54) is 11.2 Å². The first-order chi connectivity index (χ1) is 13.4. The highest BCUT2D eigenvalue weighted by Crippen LogP contribution is 2.28. The summed E-state index contributed by atoms with van der Waals surface area (Å²) in [6.07, 6.45) is 3.09. The molecular formula is C21H25N3O4. The van der Waals surface area contributed by atoms with Gasteiger partial charge >= 0.3 is 0 Å². The van der Waals surface area contributed by atoms with E-state index in [4.69, 9.17) is 4.42 Å². The number of anilines is 1. The largest absolute Gasteiger partial charge is 0.459 e. The molecule has 0 fully saturated rings. The van der Waals surface area contributed by atoms with Gasteiger partial charge < -0.3 is 19.5 Å². The van der Waals surface area contributed by atoms with Crippen molar-refractivity contribution >= 4 is 23.4 Å². The number of nitrogens with one attached hydrogen (secondary N) is 1. The summed E-state index contributed by atoms with van der Waals surface area (Å²) in [5.41, 5.74) is 2.61. The summed E-state index contributed by atoms with van der Waals surface area (Å²) in [4.78, 5) is 40.6. The molecule has 0 saturated carbocycles. The van der Waals surface area contributed by atoms with E-state index in [0.717, 1.165) is 17.5 Å². The standard InChI is InChI=1S/C21H25N3O4/c1-4-6-19(25)22-16-9-8-14-12-17(20(26)23(2)3)24(13-15(14)11-16)21(27)18-7-5-10-28-18/h5,7-11,17H,4,6,12-13H2,1-3H3,(H,22,25). The molecule has 1 aromatic heterocycles. The molecule has 0 spiro atoms. The van der Waals surface area contributed by atoms with Gasteiger partial charge in [-0.05, 0) is 41.8 Å². The Kier molecular flexibility index (Phi) is 5.82. The molecule has 1 atom stereocenters. The van der Waals surface area contributed by atoms with Crippen molar-refractivity contribution in [2.45, 2.75) is 38.8 Å². The Hall–Kier alpha value is -3.09. The molecule has 0 radical (unpaired) electrons. The third-order valence-corrected chi connectivity index (χ3v) is 4.82. The first kappa shape index (κ1) is 19.7. The number of fused-ring (bicyclic) bond motifs is 1. The molecule has 2 aromatic rings. The van der Waals surface area contributed by atoms with Gasteiger partial charge in [0.1, 0.15) is 6.04 Å². The number of benzene rings is 1. The Bertz CT molecular complexity index is 874. The molecule has 1 aliphatic heterocycles. The maximum atomic E-state index is 12.9. The minimum atomic E-state index is -0.597. The summed E-state index contributed by atoms with van der Waals surface area (Å²) in [5, 5.41) is 2.88. The van der Waals surface area contributed by atoms with Crippen molar-refractivity contribution in [3.05, 3.63) is 53.5 Å². The molecule has 3 rings (SSSR count). The molecule has 2 heterocycles. The predicted octanol–water partition coefficient (Wildman–Crippen LogP) is 2.67. The van der Waals surface area contributed by atoms with Crippen LogP contribution < -0.4 is 5.32 Å². The zero-order valence-electron chi connectivity index (χ0n) is 16.4.